The number of carbonyl (C=O) groups excluding carboxylic acids is 2. The first-order valence-electron chi connectivity index (χ1n) is 19.4. The minimum absolute atomic E-state index is 0.198. The number of allylic oxidation sites excluding steroid dienone is 3. The maximum Gasteiger partial charge on any atom is 0.469 e. The third-order valence-corrected chi connectivity index (χ3v) is 8.70. The number of phosphoric ester groups is 1. The quantitative estimate of drug-likeness (QED) is 0.0221. The Hall–Kier alpha value is -1.69. The summed E-state index contributed by atoms with van der Waals surface area (Å²) >= 11 is 0. The van der Waals surface area contributed by atoms with Crippen molar-refractivity contribution >= 4 is 19.8 Å². The fourth-order valence-electron chi connectivity index (χ4n) is 5.29. The Labute approximate surface area is 293 Å². The number of hydrogen-bond donors (Lipinski definition) is 2. The summed E-state index contributed by atoms with van der Waals surface area (Å²) < 4.78 is 26.3. The summed E-state index contributed by atoms with van der Waals surface area (Å²) in [4.78, 5) is 42.7. The van der Waals surface area contributed by atoms with E-state index in [9.17, 15) is 14.2 Å². The highest BCUT2D eigenvalue weighted by Gasteiger charge is 2.22. The predicted octanol–water partition coefficient (Wildman–Crippen LogP) is 11.4. The van der Waals surface area contributed by atoms with Crippen LogP contribution in [0.25, 0.3) is 0 Å². The summed E-state index contributed by atoms with van der Waals surface area (Å²) in [6, 6.07) is 0. The highest BCUT2D eigenvalue weighted by molar-refractivity contribution is 7.46. The van der Waals surface area contributed by atoms with Gasteiger partial charge < -0.3 is 19.3 Å². The molecule has 0 aliphatic rings. The van der Waals surface area contributed by atoms with Crippen molar-refractivity contribution in [2.45, 2.75) is 193 Å². The van der Waals surface area contributed by atoms with Crippen molar-refractivity contribution in [3.63, 3.8) is 0 Å². The SMILES string of the molecule is CCCCCCCC=C=CCCCCCCCC(=O)OCC(COP(=O)(O)O)OC(=O)CCCCCCC/C=C/CCCCCCCC. The molecule has 0 radical (unpaired) electrons. The molecule has 0 spiro atoms. The molecule has 1 unspecified atom stereocenters. The summed E-state index contributed by atoms with van der Waals surface area (Å²) in [5.74, 6) is -0.914. The fraction of sp³-hybridized carbons (Fsp3) is 0.821. The second-order valence-corrected chi connectivity index (χ2v) is 14.2. The van der Waals surface area contributed by atoms with Crippen LogP contribution in [0.1, 0.15) is 187 Å². The van der Waals surface area contributed by atoms with E-state index in [1.54, 1.807) is 0 Å². The van der Waals surface area contributed by atoms with Crippen molar-refractivity contribution in [3.05, 3.63) is 30.0 Å². The van der Waals surface area contributed by atoms with E-state index in [1.165, 1.54) is 77.0 Å². The molecular formula is C39H71O8P. The van der Waals surface area contributed by atoms with Crippen LogP contribution in [-0.4, -0.2) is 41.0 Å². The van der Waals surface area contributed by atoms with E-state index in [2.05, 4.69) is 48.4 Å². The number of carbonyl (C=O) groups is 2. The van der Waals surface area contributed by atoms with Crippen LogP contribution in [0.2, 0.25) is 0 Å². The Balaban J connectivity index is 4.01. The van der Waals surface area contributed by atoms with Gasteiger partial charge in [-0.05, 0) is 76.4 Å². The molecule has 0 aliphatic carbocycles. The van der Waals surface area contributed by atoms with Crippen LogP contribution in [0.15, 0.2) is 30.0 Å². The van der Waals surface area contributed by atoms with Gasteiger partial charge in [-0.1, -0.05) is 122 Å². The molecule has 0 saturated heterocycles. The molecule has 0 aromatic carbocycles. The van der Waals surface area contributed by atoms with E-state index < -0.39 is 32.5 Å². The van der Waals surface area contributed by atoms with Crippen molar-refractivity contribution in [2.75, 3.05) is 13.2 Å². The van der Waals surface area contributed by atoms with Crippen molar-refractivity contribution in [2.24, 2.45) is 0 Å². The van der Waals surface area contributed by atoms with Gasteiger partial charge in [0.2, 0.25) is 0 Å². The summed E-state index contributed by atoms with van der Waals surface area (Å²) in [6.07, 6.45) is 36.7. The summed E-state index contributed by atoms with van der Waals surface area (Å²) in [5.41, 5.74) is 3.28. The molecule has 2 N–H and O–H groups in total. The van der Waals surface area contributed by atoms with Crippen molar-refractivity contribution in [1.29, 1.82) is 0 Å². The molecule has 9 heteroatoms. The molecule has 0 fully saturated rings. The smallest absolute Gasteiger partial charge is 0.462 e. The zero-order valence-electron chi connectivity index (χ0n) is 30.7. The van der Waals surface area contributed by atoms with E-state index in [0.717, 1.165) is 70.6 Å². The number of ether oxygens (including phenoxy) is 2. The molecule has 0 rings (SSSR count). The van der Waals surface area contributed by atoms with Crippen LogP contribution in [0.3, 0.4) is 0 Å². The standard InChI is InChI=1S/C39H71O8P/c1-3-5-7-9-11-13-15-17-19-21-23-25-27-29-31-33-38(40)45-35-37(36-46-48(42,43)44)47-39(41)34-32-30-28-26-24-22-20-18-16-14-12-10-8-6-4-2/h15,18-20,37H,3-14,16,21-36H2,1-2H3,(H2,42,43,44)/b20-18+. The van der Waals surface area contributed by atoms with E-state index >= 15 is 0 Å². The molecule has 0 bridgehead atoms. The second-order valence-electron chi connectivity index (χ2n) is 13.0. The third-order valence-electron chi connectivity index (χ3n) is 8.22. The fourth-order valence-corrected chi connectivity index (χ4v) is 5.65. The summed E-state index contributed by atoms with van der Waals surface area (Å²) in [7, 11) is -4.75. The molecule has 0 heterocycles. The van der Waals surface area contributed by atoms with Crippen LogP contribution < -0.4 is 0 Å². The van der Waals surface area contributed by atoms with Gasteiger partial charge >= 0.3 is 19.8 Å². The predicted molar refractivity (Wildman–Crippen MR) is 197 cm³/mol. The molecule has 0 aliphatic heterocycles. The van der Waals surface area contributed by atoms with Gasteiger partial charge in [0, 0.05) is 12.8 Å². The molecule has 48 heavy (non-hydrogen) atoms. The number of hydrogen-bond acceptors (Lipinski definition) is 6. The molecule has 8 nitrogen and oxygen atoms in total. The highest BCUT2D eigenvalue weighted by atomic mass is 31.2. The number of esters is 2. The van der Waals surface area contributed by atoms with E-state index in [4.69, 9.17) is 19.3 Å². The Morgan fingerprint density at radius 2 is 1.00 bits per heavy atom. The minimum atomic E-state index is -4.75. The van der Waals surface area contributed by atoms with Gasteiger partial charge in [0.25, 0.3) is 0 Å². The van der Waals surface area contributed by atoms with Crippen LogP contribution in [-0.2, 0) is 28.2 Å². The highest BCUT2D eigenvalue weighted by Crippen LogP contribution is 2.36. The molecule has 280 valence electrons. The van der Waals surface area contributed by atoms with E-state index in [-0.39, 0.29) is 19.4 Å². The lowest BCUT2D eigenvalue weighted by Gasteiger charge is -2.18. The minimum Gasteiger partial charge on any atom is -0.462 e. The lowest BCUT2D eigenvalue weighted by molar-refractivity contribution is -0.161. The Kier molecular flexibility index (Phi) is 33.9. The molecule has 1 atom stereocenters. The van der Waals surface area contributed by atoms with E-state index in [1.807, 2.05) is 0 Å². The normalized spacial score (nSPS) is 12.2. The van der Waals surface area contributed by atoms with Gasteiger partial charge in [-0.3, -0.25) is 14.1 Å². The largest absolute Gasteiger partial charge is 0.469 e. The topological polar surface area (TPSA) is 119 Å². The first-order chi connectivity index (χ1) is 23.3. The average molecular weight is 699 g/mol. The Morgan fingerprint density at radius 1 is 0.583 bits per heavy atom. The monoisotopic (exact) mass is 698 g/mol. The van der Waals surface area contributed by atoms with Crippen molar-refractivity contribution < 1.29 is 37.9 Å². The first kappa shape index (κ1) is 46.3. The van der Waals surface area contributed by atoms with Crippen LogP contribution in [0, 0.1) is 0 Å². The number of phosphoric acid groups is 1. The molecule has 0 aromatic heterocycles. The third kappa shape index (κ3) is 37.1. The molecule has 0 saturated carbocycles. The van der Waals surface area contributed by atoms with E-state index in [0.29, 0.717) is 12.8 Å². The van der Waals surface area contributed by atoms with Crippen LogP contribution in [0.5, 0.6) is 0 Å². The van der Waals surface area contributed by atoms with Gasteiger partial charge in [-0.25, -0.2) is 4.57 Å². The maximum absolute atomic E-state index is 12.4. The van der Waals surface area contributed by atoms with Gasteiger partial charge in [0.1, 0.15) is 6.61 Å². The lowest BCUT2D eigenvalue weighted by atomic mass is 10.1. The van der Waals surface area contributed by atoms with Gasteiger partial charge in [-0.15, -0.1) is 5.73 Å². The maximum atomic E-state index is 12.4. The second kappa shape index (κ2) is 35.1. The Bertz CT molecular complexity index is 890. The lowest BCUT2D eigenvalue weighted by Crippen LogP contribution is -2.29. The van der Waals surface area contributed by atoms with Crippen molar-refractivity contribution in [3.8, 4) is 0 Å². The Morgan fingerprint density at radius 3 is 1.48 bits per heavy atom. The first-order valence-corrected chi connectivity index (χ1v) is 20.9. The number of rotatable bonds is 35. The average Bonchev–Trinajstić information content (AvgIpc) is 3.05. The van der Waals surface area contributed by atoms with Crippen LogP contribution in [0.4, 0.5) is 0 Å². The van der Waals surface area contributed by atoms with Crippen molar-refractivity contribution in [1.82, 2.24) is 0 Å². The zero-order valence-corrected chi connectivity index (χ0v) is 31.6. The van der Waals surface area contributed by atoms with Gasteiger partial charge in [-0.2, -0.15) is 0 Å². The van der Waals surface area contributed by atoms with Gasteiger partial charge in [0.15, 0.2) is 6.10 Å². The molecular weight excluding hydrogens is 627 g/mol. The zero-order chi connectivity index (χ0) is 35.4. The molecule has 0 amide bonds. The van der Waals surface area contributed by atoms with Crippen LogP contribution >= 0.6 is 7.82 Å². The number of unbranched alkanes of at least 4 members (excludes halogenated alkanes) is 21. The summed E-state index contributed by atoms with van der Waals surface area (Å²) in [6.45, 7) is 3.63. The van der Waals surface area contributed by atoms with Gasteiger partial charge in [0.05, 0.1) is 6.61 Å². The molecule has 0 aromatic rings. The summed E-state index contributed by atoms with van der Waals surface area (Å²) in [5, 5.41) is 0.